The molecule has 0 aliphatic rings. The Hall–Kier alpha value is -0.450. The third-order valence-corrected chi connectivity index (χ3v) is 2.19. The van der Waals surface area contributed by atoms with Gasteiger partial charge in [-0.2, -0.15) is 0 Å². The molecule has 3 nitrogen and oxygen atoms in total. The van der Waals surface area contributed by atoms with Crippen LogP contribution in [0.1, 0.15) is 0 Å². The molecule has 0 atom stereocenters. The van der Waals surface area contributed by atoms with E-state index in [-0.39, 0.29) is 0 Å². The van der Waals surface area contributed by atoms with E-state index in [9.17, 15) is 0 Å². The molecule has 1 rings (SSSR count). The Labute approximate surface area is 96.9 Å². The zero-order valence-corrected chi connectivity index (χ0v) is 9.88. The fraction of sp³-hybridized carbons (Fsp3) is 0.250. The second-order valence-electron chi connectivity index (χ2n) is 2.43. The summed E-state index contributed by atoms with van der Waals surface area (Å²) in [5.74, 6) is 0.649. The Morgan fingerprint density at radius 2 is 2.36 bits per heavy atom. The van der Waals surface area contributed by atoms with Gasteiger partial charge in [-0.3, -0.25) is 0 Å². The Kier molecular flexibility index (Phi) is 4.51. The van der Waals surface area contributed by atoms with E-state index >= 15 is 0 Å². The van der Waals surface area contributed by atoms with Crippen molar-refractivity contribution in [2.45, 2.75) is 5.16 Å². The van der Waals surface area contributed by atoms with Gasteiger partial charge in [0.25, 0.3) is 0 Å². The summed E-state index contributed by atoms with van der Waals surface area (Å²) in [6.07, 6.45) is 1.88. The Morgan fingerprint density at radius 3 is 2.93 bits per heavy atom. The summed E-state index contributed by atoms with van der Waals surface area (Å²) in [5.41, 5.74) is 0. The number of hydrogen-bond donors (Lipinski definition) is 1. The van der Waals surface area contributed by atoms with E-state index in [1.165, 1.54) is 11.8 Å². The first-order valence-electron chi connectivity index (χ1n) is 3.77. The molecule has 1 heterocycles. The quantitative estimate of drug-likeness (QED) is 0.506. The van der Waals surface area contributed by atoms with Gasteiger partial charge in [-0.15, -0.1) is 0 Å². The molecule has 0 amide bonds. The van der Waals surface area contributed by atoms with Crippen LogP contribution >= 0.6 is 35.0 Å². The number of nitrogens with zero attached hydrogens (tertiary/aromatic N) is 2. The maximum Gasteiger partial charge on any atom is 0.190 e. The molecule has 0 unspecified atom stereocenters. The zero-order valence-electron chi connectivity index (χ0n) is 7.55. The average molecular weight is 250 g/mol. The fourth-order valence-electron chi connectivity index (χ4n) is 0.765. The number of aromatic nitrogens is 2. The summed E-state index contributed by atoms with van der Waals surface area (Å²) in [6.45, 7) is 4.02. The molecule has 14 heavy (non-hydrogen) atoms. The molecular weight excluding hydrogens is 241 g/mol. The van der Waals surface area contributed by atoms with Crippen molar-refractivity contribution in [3.8, 4) is 0 Å². The van der Waals surface area contributed by atoms with E-state index in [4.69, 9.17) is 23.2 Å². The third kappa shape index (κ3) is 3.74. The van der Waals surface area contributed by atoms with Crippen LogP contribution in [0.5, 0.6) is 0 Å². The van der Waals surface area contributed by atoms with Crippen LogP contribution in [0, 0.1) is 0 Å². The highest BCUT2D eigenvalue weighted by Crippen LogP contribution is 2.17. The van der Waals surface area contributed by atoms with Gasteiger partial charge in [0.1, 0.15) is 11.0 Å². The third-order valence-electron chi connectivity index (χ3n) is 1.32. The van der Waals surface area contributed by atoms with Crippen molar-refractivity contribution in [2.24, 2.45) is 0 Å². The van der Waals surface area contributed by atoms with Gasteiger partial charge in [0.05, 0.1) is 6.54 Å². The second-order valence-corrected chi connectivity index (χ2v) is 4.13. The molecule has 0 saturated carbocycles. The van der Waals surface area contributed by atoms with Crippen LogP contribution in [-0.4, -0.2) is 22.8 Å². The highest BCUT2D eigenvalue weighted by atomic mass is 35.5. The molecule has 6 heteroatoms. The maximum absolute atomic E-state index is 5.78. The molecule has 0 radical (unpaired) electrons. The summed E-state index contributed by atoms with van der Waals surface area (Å²) in [7, 11) is 0. The molecule has 76 valence electrons. The first kappa shape index (κ1) is 11.6. The molecule has 0 aliphatic carbocycles. The lowest BCUT2D eigenvalue weighted by molar-refractivity contribution is 0.967. The van der Waals surface area contributed by atoms with Crippen LogP contribution < -0.4 is 5.32 Å². The summed E-state index contributed by atoms with van der Waals surface area (Å²) < 4.78 is 0. The fourth-order valence-corrected chi connectivity index (χ4v) is 1.44. The van der Waals surface area contributed by atoms with Crippen LogP contribution in [-0.2, 0) is 0 Å². The number of rotatable bonds is 4. The van der Waals surface area contributed by atoms with Crippen molar-refractivity contribution in [3.05, 3.63) is 22.8 Å². The van der Waals surface area contributed by atoms with E-state index in [0.717, 1.165) is 0 Å². The van der Waals surface area contributed by atoms with Crippen molar-refractivity contribution in [2.75, 3.05) is 18.1 Å². The average Bonchev–Trinajstić information content (AvgIpc) is 2.14. The van der Waals surface area contributed by atoms with Gasteiger partial charge in [0.2, 0.25) is 0 Å². The topological polar surface area (TPSA) is 37.8 Å². The maximum atomic E-state index is 5.78. The molecule has 1 aromatic heterocycles. The van der Waals surface area contributed by atoms with Crippen LogP contribution in [0.3, 0.4) is 0 Å². The molecule has 0 aliphatic heterocycles. The van der Waals surface area contributed by atoms with Gasteiger partial charge < -0.3 is 5.32 Å². The van der Waals surface area contributed by atoms with Crippen molar-refractivity contribution in [1.82, 2.24) is 9.97 Å². The lowest BCUT2D eigenvalue weighted by Crippen LogP contribution is -2.04. The van der Waals surface area contributed by atoms with E-state index in [1.54, 1.807) is 6.07 Å². The molecular formula is C8H9Cl2N3S. The van der Waals surface area contributed by atoms with Gasteiger partial charge in [-0.05, 0) is 6.26 Å². The molecule has 0 aromatic carbocycles. The van der Waals surface area contributed by atoms with E-state index in [0.29, 0.717) is 27.7 Å². The predicted octanol–water partition coefficient (Wildman–Crippen LogP) is 3.02. The van der Waals surface area contributed by atoms with Crippen LogP contribution in [0.15, 0.2) is 22.8 Å². The van der Waals surface area contributed by atoms with E-state index in [1.807, 2.05) is 6.26 Å². The van der Waals surface area contributed by atoms with Gasteiger partial charge in [0.15, 0.2) is 5.16 Å². The van der Waals surface area contributed by atoms with Crippen molar-refractivity contribution < 1.29 is 0 Å². The van der Waals surface area contributed by atoms with Crippen molar-refractivity contribution in [1.29, 1.82) is 0 Å². The number of nitrogens with one attached hydrogen (secondary N) is 1. The standard InChI is InChI=1S/C8H9Cl2N3S/c1-5(9)4-11-7-3-6(10)12-8(13-7)14-2/h3H,1,4H2,2H3,(H,11,12,13). The van der Waals surface area contributed by atoms with Gasteiger partial charge in [-0.1, -0.05) is 41.5 Å². The minimum absolute atomic E-state index is 0.409. The summed E-state index contributed by atoms with van der Waals surface area (Å²) >= 11 is 12.8. The minimum atomic E-state index is 0.409. The smallest absolute Gasteiger partial charge is 0.190 e. The van der Waals surface area contributed by atoms with Crippen LogP contribution in [0.4, 0.5) is 5.82 Å². The minimum Gasteiger partial charge on any atom is -0.365 e. The molecule has 0 fully saturated rings. The number of halogens is 2. The Bertz CT molecular complexity index is 343. The highest BCUT2D eigenvalue weighted by Gasteiger charge is 2.01. The SMILES string of the molecule is C=C(Cl)CNc1cc(Cl)nc(SC)n1. The summed E-state index contributed by atoms with van der Waals surface area (Å²) in [6, 6.07) is 1.64. The van der Waals surface area contributed by atoms with Crippen molar-refractivity contribution in [3.63, 3.8) is 0 Å². The van der Waals surface area contributed by atoms with Gasteiger partial charge >= 0.3 is 0 Å². The van der Waals surface area contributed by atoms with Gasteiger partial charge in [0, 0.05) is 11.1 Å². The highest BCUT2D eigenvalue weighted by molar-refractivity contribution is 7.98. The first-order valence-corrected chi connectivity index (χ1v) is 5.75. The Morgan fingerprint density at radius 1 is 1.64 bits per heavy atom. The van der Waals surface area contributed by atoms with Crippen LogP contribution in [0.2, 0.25) is 5.15 Å². The predicted molar refractivity (Wildman–Crippen MR) is 62.3 cm³/mol. The zero-order chi connectivity index (χ0) is 10.6. The first-order chi connectivity index (χ1) is 6.61. The number of thioether (sulfide) groups is 1. The van der Waals surface area contributed by atoms with E-state index in [2.05, 4.69) is 21.9 Å². The van der Waals surface area contributed by atoms with E-state index < -0.39 is 0 Å². The normalized spacial score (nSPS) is 9.93. The molecule has 1 aromatic rings. The number of anilines is 1. The largest absolute Gasteiger partial charge is 0.365 e. The summed E-state index contributed by atoms with van der Waals surface area (Å²) in [5, 5.41) is 4.53. The molecule has 1 N–H and O–H groups in total. The number of hydrogen-bond acceptors (Lipinski definition) is 4. The monoisotopic (exact) mass is 249 g/mol. The summed E-state index contributed by atoms with van der Waals surface area (Å²) in [4.78, 5) is 8.18. The molecule has 0 bridgehead atoms. The van der Waals surface area contributed by atoms with Gasteiger partial charge in [-0.25, -0.2) is 9.97 Å². The Balaban J connectivity index is 2.76. The van der Waals surface area contributed by atoms with Crippen LogP contribution in [0.25, 0.3) is 0 Å². The second kappa shape index (κ2) is 5.44. The molecule has 0 spiro atoms. The lowest BCUT2D eigenvalue weighted by atomic mass is 10.5. The lowest BCUT2D eigenvalue weighted by Gasteiger charge is -2.05. The van der Waals surface area contributed by atoms with Crippen molar-refractivity contribution >= 4 is 40.8 Å². The molecule has 0 saturated heterocycles.